The van der Waals surface area contributed by atoms with E-state index < -0.39 is 21.9 Å². The van der Waals surface area contributed by atoms with Gasteiger partial charge in [-0.1, -0.05) is 41.4 Å². The predicted molar refractivity (Wildman–Crippen MR) is 147 cm³/mol. The van der Waals surface area contributed by atoms with Gasteiger partial charge in [0.2, 0.25) is 0 Å². The van der Waals surface area contributed by atoms with E-state index in [1.165, 1.54) is 54.7 Å². The maximum Gasteiger partial charge on any atom is 0.345 e. The van der Waals surface area contributed by atoms with Gasteiger partial charge < -0.3 is 4.74 Å². The van der Waals surface area contributed by atoms with Crippen LogP contribution in [0.5, 0.6) is 5.75 Å². The second-order valence-corrected chi connectivity index (χ2v) is 10.3. The fourth-order valence-corrected chi connectivity index (χ4v) is 4.74. The molecule has 2 N–H and O–H groups in total. The molecule has 0 saturated heterocycles. The van der Waals surface area contributed by atoms with E-state index >= 15 is 0 Å². The summed E-state index contributed by atoms with van der Waals surface area (Å²) in [5.74, 6) is -0.812. The summed E-state index contributed by atoms with van der Waals surface area (Å²) in [6.07, 6.45) is 1.42. The number of carbonyl (C=O) groups excluding carboxylic acids is 2. The van der Waals surface area contributed by atoms with Crippen LogP contribution in [-0.4, -0.2) is 26.5 Å². The monoisotopic (exact) mass is 567 g/mol. The van der Waals surface area contributed by atoms with Gasteiger partial charge in [-0.2, -0.15) is 5.10 Å². The van der Waals surface area contributed by atoms with Crippen LogP contribution in [0.2, 0.25) is 10.0 Å². The molecular formula is C27H19Cl2N3O5S. The molecule has 38 heavy (non-hydrogen) atoms. The smallest absolute Gasteiger partial charge is 0.345 e. The number of carbonyl (C=O) groups is 2. The van der Waals surface area contributed by atoms with E-state index in [4.69, 9.17) is 27.9 Å². The summed E-state index contributed by atoms with van der Waals surface area (Å²) in [6.45, 7) is 0. The lowest BCUT2D eigenvalue weighted by Gasteiger charge is -2.08. The van der Waals surface area contributed by atoms with Crippen molar-refractivity contribution in [3.05, 3.63) is 124 Å². The van der Waals surface area contributed by atoms with Crippen molar-refractivity contribution in [2.75, 3.05) is 4.72 Å². The molecule has 0 unspecified atom stereocenters. The highest BCUT2D eigenvalue weighted by molar-refractivity contribution is 7.92. The van der Waals surface area contributed by atoms with Gasteiger partial charge in [0.05, 0.1) is 21.7 Å². The van der Waals surface area contributed by atoms with Crippen molar-refractivity contribution in [3.8, 4) is 5.75 Å². The fraction of sp³-hybridized carbons (Fsp3) is 0. The molecule has 192 valence electrons. The summed E-state index contributed by atoms with van der Waals surface area (Å²) in [5, 5.41) is 4.52. The Bertz CT molecular complexity index is 1590. The summed E-state index contributed by atoms with van der Waals surface area (Å²) in [4.78, 5) is 24.8. The van der Waals surface area contributed by atoms with Crippen LogP contribution < -0.4 is 14.9 Å². The summed E-state index contributed by atoms with van der Waals surface area (Å²) in [5.41, 5.74) is 3.82. The number of sulfonamides is 1. The Morgan fingerprint density at radius 2 is 1.53 bits per heavy atom. The van der Waals surface area contributed by atoms with Gasteiger partial charge in [0.25, 0.3) is 15.9 Å². The number of ether oxygens (including phenoxy) is 1. The molecule has 4 rings (SSSR count). The molecular weight excluding hydrogens is 549 g/mol. The molecule has 11 heteroatoms. The fourth-order valence-electron chi connectivity index (χ4n) is 3.17. The van der Waals surface area contributed by atoms with E-state index in [0.29, 0.717) is 22.0 Å². The topological polar surface area (TPSA) is 114 Å². The minimum absolute atomic E-state index is 0.133. The van der Waals surface area contributed by atoms with E-state index in [9.17, 15) is 18.0 Å². The van der Waals surface area contributed by atoms with Crippen molar-refractivity contribution in [1.82, 2.24) is 5.43 Å². The lowest BCUT2D eigenvalue weighted by Crippen LogP contribution is -2.18. The SMILES string of the molecule is O=C(NN=Cc1ccc(OC(=O)c2ccc(Cl)cc2Cl)cc1)c1ccc(NS(=O)(=O)c2ccccc2)cc1. The Labute approximate surface area is 228 Å². The lowest BCUT2D eigenvalue weighted by atomic mass is 10.2. The lowest BCUT2D eigenvalue weighted by molar-refractivity contribution is 0.0734. The van der Waals surface area contributed by atoms with Crippen molar-refractivity contribution in [1.29, 1.82) is 0 Å². The quantitative estimate of drug-likeness (QED) is 0.121. The highest BCUT2D eigenvalue weighted by atomic mass is 35.5. The minimum atomic E-state index is -3.73. The molecule has 0 heterocycles. The summed E-state index contributed by atoms with van der Waals surface area (Å²) >= 11 is 11.9. The van der Waals surface area contributed by atoms with Crippen LogP contribution in [0.3, 0.4) is 0 Å². The minimum Gasteiger partial charge on any atom is -0.423 e. The molecule has 0 radical (unpaired) electrons. The number of rotatable bonds is 8. The maximum atomic E-state index is 12.4. The molecule has 0 fully saturated rings. The average Bonchev–Trinajstić information content (AvgIpc) is 2.90. The number of anilines is 1. The molecule has 0 aliphatic heterocycles. The van der Waals surface area contributed by atoms with E-state index in [1.54, 1.807) is 48.5 Å². The van der Waals surface area contributed by atoms with Crippen molar-refractivity contribution < 1.29 is 22.7 Å². The van der Waals surface area contributed by atoms with E-state index in [2.05, 4.69) is 15.2 Å². The number of hydrogen-bond acceptors (Lipinski definition) is 6. The highest BCUT2D eigenvalue weighted by Gasteiger charge is 2.15. The Kier molecular flexibility index (Phi) is 8.42. The van der Waals surface area contributed by atoms with Crippen molar-refractivity contribution in [3.63, 3.8) is 0 Å². The van der Waals surface area contributed by atoms with Gasteiger partial charge in [0, 0.05) is 16.3 Å². The first-order valence-corrected chi connectivity index (χ1v) is 13.2. The first kappa shape index (κ1) is 26.9. The molecule has 0 aromatic heterocycles. The van der Waals surface area contributed by atoms with Gasteiger partial charge in [-0.05, 0) is 84.4 Å². The Hall–Kier alpha value is -4.18. The number of benzene rings is 4. The number of halogens is 2. The van der Waals surface area contributed by atoms with Crippen LogP contribution in [0.4, 0.5) is 5.69 Å². The van der Waals surface area contributed by atoms with Crippen LogP contribution in [0.15, 0.2) is 107 Å². The van der Waals surface area contributed by atoms with Crippen molar-refractivity contribution in [2.45, 2.75) is 4.90 Å². The Morgan fingerprint density at radius 1 is 0.842 bits per heavy atom. The zero-order valence-corrected chi connectivity index (χ0v) is 21.8. The number of hydrazone groups is 1. The molecule has 0 saturated carbocycles. The van der Waals surface area contributed by atoms with Crippen molar-refractivity contribution in [2.24, 2.45) is 5.10 Å². The molecule has 0 bridgehead atoms. The van der Waals surface area contributed by atoms with Gasteiger partial charge in [-0.3, -0.25) is 9.52 Å². The molecule has 8 nitrogen and oxygen atoms in total. The normalized spacial score (nSPS) is 11.2. The van der Waals surface area contributed by atoms with Crippen LogP contribution in [0.25, 0.3) is 0 Å². The average molecular weight is 568 g/mol. The van der Waals surface area contributed by atoms with Gasteiger partial charge in [-0.15, -0.1) is 0 Å². The zero-order valence-electron chi connectivity index (χ0n) is 19.5. The second kappa shape index (κ2) is 11.9. The maximum absolute atomic E-state index is 12.4. The van der Waals surface area contributed by atoms with Crippen molar-refractivity contribution >= 4 is 57.0 Å². The van der Waals surface area contributed by atoms with Gasteiger partial charge in [-0.25, -0.2) is 18.6 Å². The number of amides is 1. The summed E-state index contributed by atoms with van der Waals surface area (Å²) in [6, 6.07) is 24.8. The first-order valence-electron chi connectivity index (χ1n) is 11.0. The Morgan fingerprint density at radius 3 is 2.18 bits per heavy atom. The third kappa shape index (κ3) is 6.98. The van der Waals surface area contributed by atoms with Gasteiger partial charge in [0.15, 0.2) is 0 Å². The molecule has 4 aromatic carbocycles. The molecule has 0 atom stereocenters. The summed E-state index contributed by atoms with van der Waals surface area (Å²) < 4.78 is 32.6. The Balaban J connectivity index is 1.31. The predicted octanol–water partition coefficient (Wildman–Crippen LogP) is 5.78. The summed E-state index contributed by atoms with van der Waals surface area (Å²) in [7, 11) is -3.73. The van der Waals surface area contributed by atoms with Gasteiger partial charge >= 0.3 is 5.97 Å². The highest BCUT2D eigenvalue weighted by Crippen LogP contribution is 2.23. The van der Waals surface area contributed by atoms with Crippen LogP contribution in [-0.2, 0) is 10.0 Å². The van der Waals surface area contributed by atoms with E-state index in [0.717, 1.165) is 0 Å². The number of nitrogens with one attached hydrogen (secondary N) is 2. The standard InChI is InChI=1S/C27H19Cl2N3O5S/c28-20-10-15-24(25(29)16-20)27(34)37-22-13-6-18(7-14-22)17-30-31-26(33)19-8-11-21(12-9-19)32-38(35,36)23-4-2-1-3-5-23/h1-17,32H,(H,31,33). The van der Waals surface area contributed by atoms with Crippen LogP contribution in [0, 0.1) is 0 Å². The molecule has 1 amide bonds. The number of nitrogens with zero attached hydrogens (tertiary/aromatic N) is 1. The third-order valence-electron chi connectivity index (χ3n) is 5.07. The zero-order chi connectivity index (χ0) is 27.1. The van der Waals surface area contributed by atoms with E-state index in [-0.39, 0.29) is 21.0 Å². The molecule has 0 spiro atoms. The van der Waals surface area contributed by atoms with Gasteiger partial charge in [0.1, 0.15) is 5.75 Å². The second-order valence-electron chi connectivity index (χ2n) is 7.78. The number of esters is 1. The first-order chi connectivity index (χ1) is 18.2. The molecule has 4 aromatic rings. The largest absolute Gasteiger partial charge is 0.423 e. The molecule has 0 aliphatic carbocycles. The number of hydrogen-bond donors (Lipinski definition) is 2. The molecule has 0 aliphatic rings. The van der Waals surface area contributed by atoms with Crippen LogP contribution in [0.1, 0.15) is 26.3 Å². The van der Waals surface area contributed by atoms with Crippen LogP contribution >= 0.6 is 23.2 Å². The van der Waals surface area contributed by atoms with E-state index in [1.807, 2.05) is 0 Å². The third-order valence-corrected chi connectivity index (χ3v) is 7.02.